The molecule has 0 bridgehead atoms. The summed E-state index contributed by atoms with van der Waals surface area (Å²) in [7, 11) is 0. The minimum atomic E-state index is 0.0322. The van der Waals surface area contributed by atoms with E-state index in [1.807, 2.05) is 13.0 Å². The van der Waals surface area contributed by atoms with Gasteiger partial charge in [-0.3, -0.25) is 5.32 Å². The molecule has 4 N–H and O–H groups in total. The second-order valence-corrected chi connectivity index (χ2v) is 4.21. The summed E-state index contributed by atoms with van der Waals surface area (Å²) >= 11 is 6.12. The fraction of sp³-hybridized carbons (Fsp3) is 0.308. The molecule has 0 fully saturated rings. The van der Waals surface area contributed by atoms with Gasteiger partial charge in [0.2, 0.25) is 0 Å². The summed E-state index contributed by atoms with van der Waals surface area (Å²) in [5.74, 6) is 2.69. The molecule has 0 saturated heterocycles. The van der Waals surface area contributed by atoms with Crippen LogP contribution >= 0.6 is 11.6 Å². The summed E-state index contributed by atoms with van der Waals surface area (Å²) in [5.41, 5.74) is 6.97. The zero-order valence-electron chi connectivity index (χ0n) is 10.2. The number of nitrogens with two attached hydrogens (primary N) is 1. The maximum Gasteiger partial charge on any atom is 0.170 e. The summed E-state index contributed by atoms with van der Waals surface area (Å²) in [5, 5.41) is 15.3. The van der Waals surface area contributed by atoms with Gasteiger partial charge in [0.25, 0.3) is 0 Å². The average molecular weight is 266 g/mol. The highest BCUT2D eigenvalue weighted by Crippen LogP contribution is 2.18. The number of amidine groups is 1. The van der Waals surface area contributed by atoms with E-state index in [1.165, 1.54) is 0 Å². The lowest BCUT2D eigenvalue weighted by Crippen LogP contribution is -2.26. The highest BCUT2D eigenvalue weighted by molar-refractivity contribution is 6.31. The molecule has 0 aromatic heterocycles. The van der Waals surface area contributed by atoms with Gasteiger partial charge in [0.15, 0.2) is 5.84 Å². The highest BCUT2D eigenvalue weighted by Gasteiger charge is 2.07. The lowest BCUT2D eigenvalue weighted by Gasteiger charge is -2.12. The fourth-order valence-corrected chi connectivity index (χ4v) is 1.71. The largest absolute Gasteiger partial charge is 0.409 e. The Morgan fingerprint density at radius 2 is 2.39 bits per heavy atom. The molecule has 1 unspecified atom stereocenters. The number of nitrogens with zero attached hydrogens (tertiary/aromatic N) is 1. The second kappa shape index (κ2) is 6.90. The van der Waals surface area contributed by atoms with Gasteiger partial charge in [-0.2, -0.15) is 0 Å². The SMILES string of the molecule is C#CC(CC)NCc1ccc(/C(N)=N/O)cc1Cl. The molecule has 5 heteroatoms. The monoisotopic (exact) mass is 265 g/mol. The van der Waals surface area contributed by atoms with Gasteiger partial charge >= 0.3 is 0 Å². The molecule has 1 atom stereocenters. The minimum absolute atomic E-state index is 0.0322. The topological polar surface area (TPSA) is 70.6 Å². The van der Waals surface area contributed by atoms with Gasteiger partial charge in [-0.05, 0) is 18.1 Å². The van der Waals surface area contributed by atoms with Crippen LogP contribution in [-0.4, -0.2) is 17.1 Å². The van der Waals surface area contributed by atoms with Gasteiger partial charge in [0.1, 0.15) is 0 Å². The Kier molecular flexibility index (Phi) is 5.50. The van der Waals surface area contributed by atoms with Crippen LogP contribution in [0.3, 0.4) is 0 Å². The van der Waals surface area contributed by atoms with Crippen molar-refractivity contribution in [2.75, 3.05) is 0 Å². The predicted octanol–water partition coefficient (Wildman–Crippen LogP) is 1.94. The first-order valence-corrected chi connectivity index (χ1v) is 5.96. The Balaban J connectivity index is 2.78. The maximum atomic E-state index is 8.57. The van der Waals surface area contributed by atoms with Crippen molar-refractivity contribution in [2.24, 2.45) is 10.9 Å². The van der Waals surface area contributed by atoms with Gasteiger partial charge in [0, 0.05) is 17.1 Å². The maximum absolute atomic E-state index is 8.57. The summed E-state index contributed by atoms with van der Waals surface area (Å²) in [4.78, 5) is 0. The van der Waals surface area contributed by atoms with Crippen LogP contribution in [0.4, 0.5) is 0 Å². The summed E-state index contributed by atoms with van der Waals surface area (Å²) in [6, 6.07) is 5.26. The van der Waals surface area contributed by atoms with Crippen molar-refractivity contribution in [3.63, 3.8) is 0 Å². The molecule has 0 saturated carbocycles. The minimum Gasteiger partial charge on any atom is -0.409 e. The van der Waals surface area contributed by atoms with E-state index in [-0.39, 0.29) is 11.9 Å². The third-order valence-corrected chi connectivity index (χ3v) is 2.96. The predicted molar refractivity (Wildman–Crippen MR) is 73.7 cm³/mol. The van der Waals surface area contributed by atoms with Gasteiger partial charge in [-0.15, -0.1) is 6.42 Å². The summed E-state index contributed by atoms with van der Waals surface area (Å²) in [6.45, 7) is 2.60. The molecule has 0 aliphatic carbocycles. The number of hydrogen-bond acceptors (Lipinski definition) is 3. The number of halogens is 1. The van der Waals surface area contributed by atoms with E-state index in [0.717, 1.165) is 12.0 Å². The molecule has 1 aromatic carbocycles. The highest BCUT2D eigenvalue weighted by atomic mass is 35.5. The van der Waals surface area contributed by atoms with Crippen LogP contribution in [0.5, 0.6) is 0 Å². The van der Waals surface area contributed by atoms with Crippen molar-refractivity contribution in [1.29, 1.82) is 0 Å². The molecule has 96 valence electrons. The Hall–Kier alpha value is -1.70. The van der Waals surface area contributed by atoms with E-state index in [0.29, 0.717) is 17.1 Å². The molecule has 0 heterocycles. The Morgan fingerprint density at radius 3 is 2.89 bits per heavy atom. The number of oxime groups is 1. The Morgan fingerprint density at radius 1 is 1.67 bits per heavy atom. The van der Waals surface area contributed by atoms with Gasteiger partial charge < -0.3 is 10.9 Å². The van der Waals surface area contributed by atoms with Gasteiger partial charge in [-0.1, -0.05) is 41.7 Å². The third-order valence-electron chi connectivity index (χ3n) is 2.60. The first-order chi connectivity index (χ1) is 8.62. The third kappa shape index (κ3) is 3.66. The molecule has 18 heavy (non-hydrogen) atoms. The Bertz CT molecular complexity index is 480. The second-order valence-electron chi connectivity index (χ2n) is 3.80. The Labute approximate surface area is 112 Å². The van der Waals surface area contributed by atoms with Gasteiger partial charge in [0.05, 0.1) is 6.04 Å². The normalized spacial score (nSPS) is 13.1. The van der Waals surface area contributed by atoms with Gasteiger partial charge in [-0.25, -0.2) is 0 Å². The van der Waals surface area contributed by atoms with Crippen molar-refractivity contribution in [1.82, 2.24) is 5.32 Å². The quantitative estimate of drug-likeness (QED) is 0.250. The van der Waals surface area contributed by atoms with E-state index in [1.54, 1.807) is 12.1 Å². The van der Waals surface area contributed by atoms with Crippen molar-refractivity contribution in [3.8, 4) is 12.3 Å². The van der Waals surface area contributed by atoms with Crippen LogP contribution in [0, 0.1) is 12.3 Å². The van der Waals surface area contributed by atoms with Crippen LogP contribution in [0.1, 0.15) is 24.5 Å². The molecular formula is C13H16ClN3O. The summed E-state index contributed by atoms with van der Waals surface area (Å²) < 4.78 is 0. The van der Waals surface area contributed by atoms with Crippen molar-refractivity contribution < 1.29 is 5.21 Å². The van der Waals surface area contributed by atoms with Crippen molar-refractivity contribution in [3.05, 3.63) is 34.3 Å². The fourth-order valence-electron chi connectivity index (χ4n) is 1.46. The first-order valence-electron chi connectivity index (χ1n) is 5.58. The molecule has 0 aliphatic rings. The van der Waals surface area contributed by atoms with E-state index < -0.39 is 0 Å². The van der Waals surface area contributed by atoms with Crippen LogP contribution < -0.4 is 11.1 Å². The molecule has 0 amide bonds. The standard InChI is InChI=1S/C13H16ClN3O/c1-3-11(4-2)16-8-10-6-5-9(7-12(10)14)13(15)17-18/h1,5-7,11,16,18H,4,8H2,2H3,(H2,15,17). The first kappa shape index (κ1) is 14.4. The molecule has 1 rings (SSSR count). The van der Waals surface area contributed by atoms with Crippen molar-refractivity contribution >= 4 is 17.4 Å². The molecule has 4 nitrogen and oxygen atoms in total. The lowest BCUT2D eigenvalue weighted by molar-refractivity contribution is 0.318. The zero-order valence-corrected chi connectivity index (χ0v) is 10.9. The van der Waals surface area contributed by atoms with E-state index in [4.69, 9.17) is 29.0 Å². The summed E-state index contributed by atoms with van der Waals surface area (Å²) in [6.07, 6.45) is 6.22. The van der Waals surface area contributed by atoms with Crippen molar-refractivity contribution in [2.45, 2.75) is 25.9 Å². The molecule has 0 aliphatic heterocycles. The average Bonchev–Trinajstić information content (AvgIpc) is 2.40. The number of terminal acetylenes is 1. The van der Waals surface area contributed by atoms with Crippen LogP contribution in [0.15, 0.2) is 23.4 Å². The van der Waals surface area contributed by atoms with Crippen LogP contribution in [-0.2, 0) is 6.54 Å². The number of nitrogens with one attached hydrogen (secondary N) is 1. The number of hydrogen-bond donors (Lipinski definition) is 3. The van der Waals surface area contributed by atoms with Crippen LogP contribution in [0.2, 0.25) is 5.02 Å². The lowest BCUT2D eigenvalue weighted by atomic mass is 10.1. The molecule has 0 spiro atoms. The number of benzene rings is 1. The smallest absolute Gasteiger partial charge is 0.170 e. The van der Waals surface area contributed by atoms with E-state index in [2.05, 4.69) is 16.4 Å². The zero-order chi connectivity index (χ0) is 13.5. The van der Waals surface area contributed by atoms with E-state index >= 15 is 0 Å². The molecule has 1 aromatic rings. The van der Waals surface area contributed by atoms with E-state index in [9.17, 15) is 0 Å². The number of rotatable bonds is 5. The molecule has 0 radical (unpaired) electrons. The molecular weight excluding hydrogens is 250 g/mol. The van der Waals surface area contributed by atoms with Crippen LogP contribution in [0.25, 0.3) is 0 Å².